The summed E-state index contributed by atoms with van der Waals surface area (Å²) in [6.07, 6.45) is 1.65. The SMILES string of the molecule is COc1ccc(CCN(C(=O)C=CC(=O)[O-])C2CC(=O)N(c3ccc(Br)cc3)C2=O)cc1. The number of methoxy groups -OCH3 is 1. The van der Waals surface area contributed by atoms with Gasteiger partial charge in [-0.15, -0.1) is 0 Å². The van der Waals surface area contributed by atoms with Crippen molar-refractivity contribution in [2.24, 2.45) is 0 Å². The molecule has 1 aliphatic heterocycles. The molecule has 1 saturated heterocycles. The molecule has 1 aliphatic rings. The van der Waals surface area contributed by atoms with Gasteiger partial charge in [0.25, 0.3) is 5.91 Å². The fourth-order valence-electron chi connectivity index (χ4n) is 3.42. The highest BCUT2D eigenvalue weighted by molar-refractivity contribution is 9.10. The van der Waals surface area contributed by atoms with Crippen molar-refractivity contribution in [1.29, 1.82) is 0 Å². The average molecular weight is 500 g/mol. The number of anilines is 1. The summed E-state index contributed by atoms with van der Waals surface area (Å²) in [4.78, 5) is 51.5. The quantitative estimate of drug-likeness (QED) is 0.402. The Balaban J connectivity index is 1.83. The molecule has 3 amide bonds. The number of carboxylic acid groups (broad SMARTS) is 1. The van der Waals surface area contributed by atoms with Crippen LogP contribution in [-0.2, 0) is 25.6 Å². The Labute approximate surface area is 193 Å². The van der Waals surface area contributed by atoms with E-state index < -0.39 is 29.7 Å². The number of imide groups is 1. The molecule has 0 aromatic heterocycles. The highest BCUT2D eigenvalue weighted by Crippen LogP contribution is 2.27. The van der Waals surface area contributed by atoms with Gasteiger partial charge in [0.2, 0.25) is 11.8 Å². The summed E-state index contributed by atoms with van der Waals surface area (Å²) in [6.45, 7) is 0.112. The molecule has 0 aliphatic carbocycles. The molecule has 2 aromatic carbocycles. The molecule has 0 spiro atoms. The topological polar surface area (TPSA) is 107 Å². The lowest BCUT2D eigenvalue weighted by atomic mass is 10.1. The van der Waals surface area contributed by atoms with Gasteiger partial charge in [0.15, 0.2) is 0 Å². The van der Waals surface area contributed by atoms with E-state index in [1.54, 1.807) is 43.5 Å². The summed E-state index contributed by atoms with van der Waals surface area (Å²) in [5, 5.41) is 10.8. The van der Waals surface area contributed by atoms with E-state index in [-0.39, 0.29) is 13.0 Å². The second-order valence-corrected chi connectivity index (χ2v) is 7.96. The van der Waals surface area contributed by atoms with Gasteiger partial charge in [-0.25, -0.2) is 4.90 Å². The maximum atomic E-state index is 13.1. The number of carboxylic acids is 1. The van der Waals surface area contributed by atoms with Crippen molar-refractivity contribution in [1.82, 2.24) is 4.90 Å². The number of benzene rings is 2. The number of ether oxygens (including phenoxy) is 1. The lowest BCUT2D eigenvalue weighted by molar-refractivity contribution is -0.297. The van der Waals surface area contributed by atoms with E-state index in [1.807, 2.05) is 12.1 Å². The van der Waals surface area contributed by atoms with Gasteiger partial charge < -0.3 is 19.5 Å². The van der Waals surface area contributed by atoms with Crippen LogP contribution in [0.25, 0.3) is 0 Å². The molecule has 2 aromatic rings. The third-order valence-electron chi connectivity index (χ3n) is 5.03. The number of amides is 3. The van der Waals surface area contributed by atoms with Crippen molar-refractivity contribution in [2.45, 2.75) is 18.9 Å². The molecule has 1 fully saturated rings. The Morgan fingerprint density at radius 1 is 1.12 bits per heavy atom. The number of hydrogen-bond donors (Lipinski definition) is 0. The number of halogens is 1. The Morgan fingerprint density at radius 3 is 2.38 bits per heavy atom. The summed E-state index contributed by atoms with van der Waals surface area (Å²) in [5.74, 6) is -2.51. The molecule has 8 nitrogen and oxygen atoms in total. The Kier molecular flexibility index (Phi) is 7.42. The summed E-state index contributed by atoms with van der Waals surface area (Å²) >= 11 is 3.31. The lowest BCUT2D eigenvalue weighted by Crippen LogP contribution is -2.46. The van der Waals surface area contributed by atoms with Crippen LogP contribution in [0.2, 0.25) is 0 Å². The van der Waals surface area contributed by atoms with E-state index in [4.69, 9.17) is 4.74 Å². The number of aliphatic carboxylic acids is 1. The first-order chi connectivity index (χ1) is 15.3. The molecule has 1 unspecified atom stereocenters. The van der Waals surface area contributed by atoms with E-state index in [0.717, 1.165) is 21.0 Å². The molecular formula is C23H20BrN2O6-. The van der Waals surface area contributed by atoms with Crippen molar-refractivity contribution in [3.63, 3.8) is 0 Å². The van der Waals surface area contributed by atoms with Gasteiger partial charge in [-0.3, -0.25) is 14.4 Å². The van der Waals surface area contributed by atoms with Gasteiger partial charge in [-0.2, -0.15) is 0 Å². The van der Waals surface area contributed by atoms with Gasteiger partial charge in [0, 0.05) is 17.1 Å². The highest BCUT2D eigenvalue weighted by atomic mass is 79.9. The van der Waals surface area contributed by atoms with Crippen LogP contribution in [0.5, 0.6) is 5.75 Å². The van der Waals surface area contributed by atoms with Crippen LogP contribution in [0.4, 0.5) is 5.69 Å². The van der Waals surface area contributed by atoms with Crippen LogP contribution in [-0.4, -0.2) is 48.3 Å². The summed E-state index contributed by atoms with van der Waals surface area (Å²) in [6, 6.07) is 12.8. The minimum absolute atomic E-state index is 0.112. The second-order valence-electron chi connectivity index (χ2n) is 7.05. The van der Waals surface area contributed by atoms with Crippen LogP contribution >= 0.6 is 15.9 Å². The monoisotopic (exact) mass is 499 g/mol. The molecule has 0 bridgehead atoms. The lowest BCUT2D eigenvalue weighted by Gasteiger charge is -2.26. The molecular weight excluding hydrogens is 480 g/mol. The molecule has 0 saturated carbocycles. The van der Waals surface area contributed by atoms with Crippen molar-refractivity contribution in [2.75, 3.05) is 18.6 Å². The maximum absolute atomic E-state index is 13.1. The molecule has 9 heteroatoms. The molecule has 166 valence electrons. The first-order valence-electron chi connectivity index (χ1n) is 9.75. The Bertz CT molecular complexity index is 1050. The average Bonchev–Trinajstić information content (AvgIpc) is 3.07. The zero-order valence-corrected chi connectivity index (χ0v) is 18.8. The van der Waals surface area contributed by atoms with Crippen LogP contribution in [0.1, 0.15) is 12.0 Å². The van der Waals surface area contributed by atoms with Gasteiger partial charge >= 0.3 is 0 Å². The van der Waals surface area contributed by atoms with E-state index in [2.05, 4.69) is 15.9 Å². The van der Waals surface area contributed by atoms with Crippen LogP contribution in [0.3, 0.4) is 0 Å². The normalized spacial score (nSPS) is 15.9. The minimum atomic E-state index is -1.53. The molecule has 32 heavy (non-hydrogen) atoms. The smallest absolute Gasteiger partial charge is 0.257 e. The number of rotatable bonds is 8. The molecule has 3 rings (SSSR count). The number of carbonyl (C=O) groups excluding carboxylic acids is 4. The Hall–Kier alpha value is -3.46. The van der Waals surface area contributed by atoms with Crippen molar-refractivity contribution < 1.29 is 29.0 Å². The highest BCUT2D eigenvalue weighted by Gasteiger charge is 2.43. The van der Waals surface area contributed by atoms with Gasteiger partial charge in [0.1, 0.15) is 11.8 Å². The van der Waals surface area contributed by atoms with E-state index in [0.29, 0.717) is 23.9 Å². The predicted molar refractivity (Wildman–Crippen MR) is 118 cm³/mol. The Morgan fingerprint density at radius 2 is 1.78 bits per heavy atom. The third kappa shape index (κ3) is 5.42. The zero-order valence-electron chi connectivity index (χ0n) is 17.2. The van der Waals surface area contributed by atoms with Gasteiger partial charge in [-0.05, 0) is 54.5 Å². The zero-order chi connectivity index (χ0) is 23.3. The van der Waals surface area contributed by atoms with Crippen molar-refractivity contribution in [3.05, 3.63) is 70.7 Å². The molecule has 1 heterocycles. The summed E-state index contributed by atoms with van der Waals surface area (Å²) in [7, 11) is 1.55. The first-order valence-corrected chi connectivity index (χ1v) is 10.5. The predicted octanol–water partition coefficient (Wildman–Crippen LogP) is 1.47. The van der Waals surface area contributed by atoms with Crippen LogP contribution in [0, 0.1) is 0 Å². The maximum Gasteiger partial charge on any atom is 0.257 e. The van der Waals surface area contributed by atoms with E-state index >= 15 is 0 Å². The van der Waals surface area contributed by atoms with Gasteiger partial charge in [-0.1, -0.05) is 28.1 Å². The standard InChI is InChI=1S/C23H21BrN2O6/c1-32-18-8-2-15(3-9-18)12-13-25(20(27)10-11-22(29)30)19-14-21(28)26(23(19)31)17-6-4-16(24)5-7-17/h2-11,19H,12-14H2,1H3,(H,29,30)/p-1. The van der Waals surface area contributed by atoms with Gasteiger partial charge in [0.05, 0.1) is 25.2 Å². The van der Waals surface area contributed by atoms with Crippen LogP contribution in [0.15, 0.2) is 65.2 Å². The van der Waals surface area contributed by atoms with Crippen molar-refractivity contribution in [3.8, 4) is 5.75 Å². The van der Waals surface area contributed by atoms with Crippen LogP contribution < -0.4 is 14.7 Å². The van der Waals surface area contributed by atoms with E-state index in [9.17, 15) is 24.3 Å². The van der Waals surface area contributed by atoms with E-state index in [1.165, 1.54) is 4.90 Å². The fraction of sp³-hybridized carbons (Fsp3) is 0.217. The minimum Gasteiger partial charge on any atom is -0.545 e. The van der Waals surface area contributed by atoms with Crippen molar-refractivity contribution >= 4 is 45.3 Å². The largest absolute Gasteiger partial charge is 0.545 e. The third-order valence-corrected chi connectivity index (χ3v) is 5.56. The summed E-state index contributed by atoms with van der Waals surface area (Å²) in [5.41, 5.74) is 1.28. The first kappa shape index (κ1) is 23.2. The fourth-order valence-corrected chi connectivity index (χ4v) is 3.68. The second kappa shape index (κ2) is 10.2. The molecule has 1 atom stereocenters. The number of carbonyl (C=O) groups is 4. The summed E-state index contributed by atoms with van der Waals surface area (Å²) < 4.78 is 5.92. The number of hydrogen-bond acceptors (Lipinski definition) is 6. The number of nitrogens with zero attached hydrogens (tertiary/aromatic N) is 2. The molecule has 0 N–H and O–H groups in total. The molecule has 0 radical (unpaired) electrons.